The maximum absolute atomic E-state index is 13.2. The number of hydrogen-bond donors (Lipinski definition) is 1. The summed E-state index contributed by atoms with van der Waals surface area (Å²) in [5.74, 6) is -0.683. The number of anilines is 1. The fraction of sp³-hybridized carbons (Fsp3) is 0.0625. The van der Waals surface area contributed by atoms with Crippen LogP contribution in [0.3, 0.4) is 0 Å². The van der Waals surface area contributed by atoms with Gasteiger partial charge in [-0.2, -0.15) is 4.73 Å². The first-order chi connectivity index (χ1) is 11.1. The number of pyridine rings is 1. The number of halogens is 1. The molecule has 0 atom stereocenters. The van der Waals surface area contributed by atoms with E-state index in [0.717, 1.165) is 10.4 Å². The van der Waals surface area contributed by atoms with E-state index < -0.39 is 5.91 Å². The molecule has 0 fully saturated rings. The normalized spacial score (nSPS) is 10.5. The summed E-state index contributed by atoms with van der Waals surface area (Å²) in [4.78, 5) is 17.1. The summed E-state index contributed by atoms with van der Waals surface area (Å²) in [6.07, 6.45) is 4.68. The molecule has 0 radical (unpaired) electrons. The van der Waals surface area contributed by atoms with Crippen molar-refractivity contribution >= 4 is 22.4 Å². The molecule has 7 heteroatoms. The number of carbonyl (C=O) groups is 1. The predicted molar refractivity (Wildman–Crippen MR) is 84.7 cm³/mol. The Bertz CT molecular complexity index is 851. The molecule has 3 aromatic rings. The number of nitrogens with one attached hydrogen (secondary N) is 1. The lowest BCUT2D eigenvalue weighted by atomic mass is 10.1. The summed E-state index contributed by atoms with van der Waals surface area (Å²) in [5.41, 5.74) is 1.09. The maximum Gasteiger partial charge on any atom is 0.263 e. The molecule has 3 rings (SSSR count). The summed E-state index contributed by atoms with van der Waals surface area (Å²) in [7, 11) is 0. The Morgan fingerprint density at radius 3 is 3.00 bits per heavy atom. The minimum absolute atomic E-state index is 0.254. The SMILES string of the molecule is O=C(Nc1ncc(Cc2cccc(F)c2)s1)c1ccc[n+]([O-])c1. The number of carbonyl (C=O) groups excluding carboxylic acids is 1. The number of hydrogen-bond acceptors (Lipinski definition) is 4. The van der Waals surface area contributed by atoms with Crippen molar-refractivity contribution in [3.05, 3.63) is 82.0 Å². The molecular formula is C16H12FN3O2S. The number of benzene rings is 1. The molecular weight excluding hydrogens is 317 g/mol. The van der Waals surface area contributed by atoms with Crippen LogP contribution in [0.2, 0.25) is 0 Å². The van der Waals surface area contributed by atoms with Gasteiger partial charge in [0, 0.05) is 23.6 Å². The fourth-order valence-electron chi connectivity index (χ4n) is 2.05. The van der Waals surface area contributed by atoms with E-state index in [9.17, 15) is 14.4 Å². The lowest BCUT2D eigenvalue weighted by Gasteiger charge is -2.01. The zero-order chi connectivity index (χ0) is 16.2. The molecule has 116 valence electrons. The first-order valence-electron chi connectivity index (χ1n) is 6.79. The molecule has 1 N–H and O–H groups in total. The van der Waals surface area contributed by atoms with Crippen LogP contribution < -0.4 is 10.0 Å². The highest BCUT2D eigenvalue weighted by atomic mass is 32.1. The zero-order valence-electron chi connectivity index (χ0n) is 11.9. The Labute approximate surface area is 135 Å². The molecule has 0 aliphatic rings. The molecule has 0 aliphatic carbocycles. The molecule has 0 saturated heterocycles. The van der Waals surface area contributed by atoms with E-state index in [1.807, 2.05) is 6.07 Å². The average molecular weight is 329 g/mol. The van der Waals surface area contributed by atoms with E-state index in [0.29, 0.717) is 16.3 Å². The van der Waals surface area contributed by atoms with Gasteiger partial charge in [-0.3, -0.25) is 10.1 Å². The first-order valence-corrected chi connectivity index (χ1v) is 7.61. The average Bonchev–Trinajstić information content (AvgIpc) is 2.94. The third kappa shape index (κ3) is 3.89. The standard InChI is InChI=1S/C16H12FN3O2S/c17-13-5-1-3-11(7-13)8-14-9-18-16(23-14)19-15(21)12-4-2-6-20(22)10-12/h1-7,9-10H,8H2,(H,18,19,21). The van der Waals surface area contributed by atoms with E-state index in [2.05, 4.69) is 10.3 Å². The Morgan fingerprint density at radius 2 is 2.22 bits per heavy atom. The molecule has 2 heterocycles. The van der Waals surface area contributed by atoms with E-state index in [1.165, 1.54) is 41.9 Å². The fourth-order valence-corrected chi connectivity index (χ4v) is 2.90. The van der Waals surface area contributed by atoms with Crippen molar-refractivity contribution in [1.29, 1.82) is 0 Å². The van der Waals surface area contributed by atoms with E-state index in [-0.39, 0.29) is 11.4 Å². The van der Waals surface area contributed by atoms with Crippen molar-refractivity contribution in [2.24, 2.45) is 0 Å². The van der Waals surface area contributed by atoms with Crippen LogP contribution in [0.25, 0.3) is 0 Å². The van der Waals surface area contributed by atoms with Crippen LogP contribution in [-0.2, 0) is 6.42 Å². The van der Waals surface area contributed by atoms with Crippen LogP contribution in [0.4, 0.5) is 9.52 Å². The molecule has 0 aliphatic heterocycles. The van der Waals surface area contributed by atoms with Gasteiger partial charge in [0.05, 0.1) is 0 Å². The Kier molecular flexibility index (Phi) is 4.29. The van der Waals surface area contributed by atoms with Gasteiger partial charge in [-0.15, -0.1) is 11.3 Å². The number of aromatic nitrogens is 2. The minimum Gasteiger partial charge on any atom is -0.619 e. The predicted octanol–water partition coefficient (Wildman–Crippen LogP) is 2.76. The lowest BCUT2D eigenvalue weighted by molar-refractivity contribution is -0.605. The molecule has 5 nitrogen and oxygen atoms in total. The summed E-state index contributed by atoms with van der Waals surface area (Å²) in [5, 5.41) is 14.3. The summed E-state index contributed by atoms with van der Waals surface area (Å²) in [6.45, 7) is 0. The summed E-state index contributed by atoms with van der Waals surface area (Å²) >= 11 is 1.31. The quantitative estimate of drug-likeness (QED) is 0.591. The highest BCUT2D eigenvalue weighted by Crippen LogP contribution is 2.22. The molecule has 1 amide bonds. The van der Waals surface area contributed by atoms with E-state index >= 15 is 0 Å². The van der Waals surface area contributed by atoms with Crippen LogP contribution in [0.1, 0.15) is 20.8 Å². The van der Waals surface area contributed by atoms with Gasteiger partial charge in [0.2, 0.25) is 0 Å². The third-order valence-corrected chi connectivity index (χ3v) is 3.99. The monoisotopic (exact) mass is 329 g/mol. The van der Waals surface area contributed by atoms with Gasteiger partial charge in [-0.1, -0.05) is 12.1 Å². The molecule has 0 spiro atoms. The second kappa shape index (κ2) is 6.53. The Balaban J connectivity index is 1.68. The van der Waals surface area contributed by atoms with Gasteiger partial charge in [-0.25, -0.2) is 9.37 Å². The summed E-state index contributed by atoms with van der Waals surface area (Å²) in [6, 6.07) is 9.39. The highest BCUT2D eigenvalue weighted by Gasteiger charge is 2.11. The van der Waals surface area contributed by atoms with Gasteiger partial charge < -0.3 is 5.21 Å². The third-order valence-electron chi connectivity index (χ3n) is 3.08. The van der Waals surface area contributed by atoms with Gasteiger partial charge >= 0.3 is 0 Å². The van der Waals surface area contributed by atoms with E-state index in [4.69, 9.17) is 0 Å². The number of thiazole rings is 1. The van der Waals surface area contributed by atoms with Crippen LogP contribution >= 0.6 is 11.3 Å². The Morgan fingerprint density at radius 1 is 1.35 bits per heavy atom. The van der Waals surface area contributed by atoms with E-state index in [1.54, 1.807) is 18.3 Å². The zero-order valence-corrected chi connectivity index (χ0v) is 12.7. The van der Waals surface area contributed by atoms with Crippen molar-refractivity contribution in [3.63, 3.8) is 0 Å². The van der Waals surface area contributed by atoms with Crippen LogP contribution in [0.5, 0.6) is 0 Å². The van der Waals surface area contributed by atoms with Crippen molar-refractivity contribution in [3.8, 4) is 0 Å². The molecule has 0 bridgehead atoms. The van der Waals surface area contributed by atoms with Gasteiger partial charge in [0.1, 0.15) is 11.4 Å². The largest absolute Gasteiger partial charge is 0.619 e. The second-order valence-electron chi connectivity index (χ2n) is 4.85. The Hall–Kier alpha value is -2.80. The maximum atomic E-state index is 13.2. The van der Waals surface area contributed by atoms with Crippen LogP contribution in [0, 0.1) is 11.0 Å². The van der Waals surface area contributed by atoms with Gasteiger partial charge in [0.15, 0.2) is 17.5 Å². The van der Waals surface area contributed by atoms with Crippen molar-refractivity contribution < 1.29 is 13.9 Å². The summed E-state index contributed by atoms with van der Waals surface area (Å²) < 4.78 is 13.7. The van der Waals surface area contributed by atoms with Crippen molar-refractivity contribution in [1.82, 2.24) is 4.98 Å². The lowest BCUT2D eigenvalue weighted by Crippen LogP contribution is -2.27. The van der Waals surface area contributed by atoms with Crippen molar-refractivity contribution in [2.75, 3.05) is 5.32 Å². The van der Waals surface area contributed by atoms with Gasteiger partial charge in [0.25, 0.3) is 5.91 Å². The molecule has 2 aromatic heterocycles. The van der Waals surface area contributed by atoms with Gasteiger partial charge in [-0.05, 0) is 23.8 Å². The topological polar surface area (TPSA) is 68.9 Å². The molecule has 0 saturated carbocycles. The molecule has 23 heavy (non-hydrogen) atoms. The first kappa shape index (κ1) is 15.1. The second-order valence-corrected chi connectivity index (χ2v) is 5.96. The highest BCUT2D eigenvalue weighted by molar-refractivity contribution is 7.15. The smallest absolute Gasteiger partial charge is 0.263 e. The molecule has 0 unspecified atom stereocenters. The molecule has 1 aromatic carbocycles. The van der Waals surface area contributed by atoms with Crippen molar-refractivity contribution in [2.45, 2.75) is 6.42 Å². The number of amides is 1. The minimum atomic E-state index is -0.401. The van der Waals surface area contributed by atoms with Crippen LogP contribution in [-0.4, -0.2) is 10.9 Å². The number of rotatable bonds is 4. The van der Waals surface area contributed by atoms with Crippen LogP contribution in [0.15, 0.2) is 55.0 Å². The number of nitrogens with zero attached hydrogens (tertiary/aromatic N) is 2.